The second kappa shape index (κ2) is 5.65. The molecule has 2 N–H and O–H groups in total. The highest BCUT2D eigenvalue weighted by molar-refractivity contribution is 7.09. The number of amides is 2. The van der Waals surface area contributed by atoms with E-state index in [1.807, 2.05) is 31.4 Å². The molecule has 0 saturated carbocycles. The summed E-state index contributed by atoms with van der Waals surface area (Å²) in [7, 11) is 0. The van der Waals surface area contributed by atoms with Crippen molar-refractivity contribution in [3.05, 3.63) is 22.4 Å². The van der Waals surface area contributed by atoms with Gasteiger partial charge in [0.25, 0.3) is 0 Å². The topological polar surface area (TPSA) is 41.1 Å². The summed E-state index contributed by atoms with van der Waals surface area (Å²) in [6.45, 7) is 4.65. The molecule has 0 unspecified atom stereocenters. The van der Waals surface area contributed by atoms with Gasteiger partial charge in [0, 0.05) is 10.9 Å². The van der Waals surface area contributed by atoms with Gasteiger partial charge in [0.05, 0.1) is 6.54 Å². The van der Waals surface area contributed by atoms with E-state index >= 15 is 0 Å². The molecule has 0 spiro atoms. The van der Waals surface area contributed by atoms with E-state index in [1.165, 1.54) is 4.88 Å². The summed E-state index contributed by atoms with van der Waals surface area (Å²) in [4.78, 5) is 12.5. The van der Waals surface area contributed by atoms with Gasteiger partial charge in [-0.1, -0.05) is 13.0 Å². The summed E-state index contributed by atoms with van der Waals surface area (Å²) in [6.07, 6.45) is 0.951. The van der Waals surface area contributed by atoms with Crippen molar-refractivity contribution >= 4 is 17.4 Å². The lowest BCUT2D eigenvalue weighted by atomic mass is 10.3. The second-order valence-electron chi connectivity index (χ2n) is 3.22. The number of rotatable bonds is 4. The van der Waals surface area contributed by atoms with Crippen LogP contribution in [0.25, 0.3) is 0 Å². The Bertz CT molecular complexity index is 272. The Kier molecular flexibility index (Phi) is 4.46. The van der Waals surface area contributed by atoms with E-state index in [2.05, 4.69) is 10.6 Å². The number of urea groups is 1. The first-order chi connectivity index (χ1) is 6.72. The molecule has 14 heavy (non-hydrogen) atoms. The van der Waals surface area contributed by atoms with Crippen molar-refractivity contribution in [1.82, 2.24) is 10.6 Å². The van der Waals surface area contributed by atoms with E-state index in [0.717, 1.165) is 6.42 Å². The third-order valence-electron chi connectivity index (χ3n) is 1.99. The van der Waals surface area contributed by atoms with Gasteiger partial charge < -0.3 is 10.6 Å². The van der Waals surface area contributed by atoms with Crippen LogP contribution in [0, 0.1) is 0 Å². The van der Waals surface area contributed by atoms with Gasteiger partial charge in [-0.05, 0) is 24.8 Å². The Morgan fingerprint density at radius 2 is 2.43 bits per heavy atom. The molecule has 78 valence electrons. The molecule has 1 heterocycles. The second-order valence-corrected chi connectivity index (χ2v) is 4.25. The van der Waals surface area contributed by atoms with Gasteiger partial charge in [0.1, 0.15) is 0 Å². The van der Waals surface area contributed by atoms with Crippen molar-refractivity contribution in [2.45, 2.75) is 32.9 Å². The smallest absolute Gasteiger partial charge is 0.315 e. The number of carbonyl (C=O) groups excluding carboxylic acids is 1. The highest BCUT2D eigenvalue weighted by Gasteiger charge is 2.04. The summed E-state index contributed by atoms with van der Waals surface area (Å²) >= 11 is 1.65. The molecule has 0 aliphatic heterocycles. The maximum atomic E-state index is 11.3. The molecule has 1 atom stereocenters. The number of nitrogens with one attached hydrogen (secondary N) is 2. The Balaban J connectivity index is 2.22. The van der Waals surface area contributed by atoms with Gasteiger partial charge in [-0.15, -0.1) is 11.3 Å². The Labute approximate surface area is 88.5 Å². The predicted octanol–water partition coefficient (Wildman–Crippen LogP) is 2.35. The average Bonchev–Trinajstić information content (AvgIpc) is 2.67. The van der Waals surface area contributed by atoms with E-state index in [-0.39, 0.29) is 12.1 Å². The fourth-order valence-electron chi connectivity index (χ4n) is 0.957. The minimum atomic E-state index is -0.0900. The summed E-state index contributed by atoms with van der Waals surface area (Å²) in [6, 6.07) is 4.13. The van der Waals surface area contributed by atoms with Crippen LogP contribution in [0.3, 0.4) is 0 Å². The first-order valence-electron chi connectivity index (χ1n) is 4.79. The zero-order valence-electron chi connectivity index (χ0n) is 8.54. The van der Waals surface area contributed by atoms with Gasteiger partial charge in [-0.25, -0.2) is 4.79 Å². The van der Waals surface area contributed by atoms with Crippen LogP contribution in [0.1, 0.15) is 25.1 Å². The first kappa shape index (κ1) is 11.0. The standard InChI is InChI=1S/C10H16N2OS/c1-3-8(2)12-10(13)11-7-9-5-4-6-14-9/h4-6,8H,3,7H2,1-2H3,(H2,11,12,13)/t8-/m1/s1. The molecule has 1 aromatic heterocycles. The van der Waals surface area contributed by atoms with Crippen LogP contribution in [0.5, 0.6) is 0 Å². The van der Waals surface area contributed by atoms with Crippen molar-refractivity contribution in [3.8, 4) is 0 Å². The molecule has 4 heteroatoms. The van der Waals surface area contributed by atoms with Gasteiger partial charge in [0.2, 0.25) is 0 Å². The van der Waals surface area contributed by atoms with Crippen LogP contribution < -0.4 is 10.6 Å². The molecule has 1 aromatic rings. The highest BCUT2D eigenvalue weighted by atomic mass is 32.1. The van der Waals surface area contributed by atoms with Gasteiger partial charge in [-0.2, -0.15) is 0 Å². The average molecular weight is 212 g/mol. The minimum absolute atomic E-state index is 0.0900. The van der Waals surface area contributed by atoms with Crippen LogP contribution in [0.2, 0.25) is 0 Å². The van der Waals surface area contributed by atoms with Crippen LogP contribution in [-0.4, -0.2) is 12.1 Å². The van der Waals surface area contributed by atoms with Crippen molar-refractivity contribution < 1.29 is 4.79 Å². The van der Waals surface area contributed by atoms with Crippen LogP contribution >= 0.6 is 11.3 Å². The van der Waals surface area contributed by atoms with Gasteiger partial charge in [0.15, 0.2) is 0 Å². The molecule has 2 amide bonds. The largest absolute Gasteiger partial charge is 0.336 e. The summed E-state index contributed by atoms with van der Waals surface area (Å²) in [5.41, 5.74) is 0. The molecule has 0 aliphatic carbocycles. The van der Waals surface area contributed by atoms with E-state index in [1.54, 1.807) is 11.3 Å². The molecule has 3 nitrogen and oxygen atoms in total. The quantitative estimate of drug-likeness (QED) is 0.790. The fourth-order valence-corrected chi connectivity index (χ4v) is 1.60. The van der Waals surface area contributed by atoms with Crippen LogP contribution in [0.4, 0.5) is 4.79 Å². The predicted molar refractivity (Wildman–Crippen MR) is 59.4 cm³/mol. The number of hydrogen-bond acceptors (Lipinski definition) is 2. The Morgan fingerprint density at radius 1 is 1.64 bits per heavy atom. The minimum Gasteiger partial charge on any atom is -0.336 e. The number of hydrogen-bond donors (Lipinski definition) is 2. The SMILES string of the molecule is CC[C@@H](C)NC(=O)NCc1cccs1. The number of carbonyl (C=O) groups is 1. The maximum absolute atomic E-state index is 11.3. The van der Waals surface area contributed by atoms with E-state index < -0.39 is 0 Å². The normalized spacial score (nSPS) is 12.1. The van der Waals surface area contributed by atoms with Crippen molar-refractivity contribution in [1.29, 1.82) is 0 Å². The first-order valence-corrected chi connectivity index (χ1v) is 5.67. The number of thiophene rings is 1. The van der Waals surface area contributed by atoms with E-state index in [9.17, 15) is 4.79 Å². The molecule has 0 radical (unpaired) electrons. The summed E-state index contributed by atoms with van der Waals surface area (Å²) < 4.78 is 0. The van der Waals surface area contributed by atoms with Gasteiger partial charge >= 0.3 is 6.03 Å². The lowest BCUT2D eigenvalue weighted by molar-refractivity contribution is 0.237. The fraction of sp³-hybridized carbons (Fsp3) is 0.500. The molecule has 1 rings (SSSR count). The van der Waals surface area contributed by atoms with E-state index in [0.29, 0.717) is 6.54 Å². The molecular weight excluding hydrogens is 196 g/mol. The summed E-state index contributed by atoms with van der Waals surface area (Å²) in [5.74, 6) is 0. The van der Waals surface area contributed by atoms with Crippen molar-refractivity contribution in [3.63, 3.8) is 0 Å². The zero-order valence-corrected chi connectivity index (χ0v) is 9.36. The Hall–Kier alpha value is -1.03. The molecule has 0 aliphatic rings. The zero-order chi connectivity index (χ0) is 10.4. The van der Waals surface area contributed by atoms with Crippen LogP contribution in [-0.2, 0) is 6.54 Å². The van der Waals surface area contributed by atoms with Crippen molar-refractivity contribution in [2.24, 2.45) is 0 Å². The van der Waals surface area contributed by atoms with E-state index in [4.69, 9.17) is 0 Å². The third kappa shape index (κ3) is 3.79. The van der Waals surface area contributed by atoms with Gasteiger partial charge in [-0.3, -0.25) is 0 Å². The van der Waals surface area contributed by atoms with Crippen molar-refractivity contribution in [2.75, 3.05) is 0 Å². The molecule has 0 aromatic carbocycles. The van der Waals surface area contributed by atoms with Crippen LogP contribution in [0.15, 0.2) is 17.5 Å². The monoisotopic (exact) mass is 212 g/mol. The molecule has 0 saturated heterocycles. The molecule has 0 fully saturated rings. The highest BCUT2D eigenvalue weighted by Crippen LogP contribution is 2.07. The maximum Gasteiger partial charge on any atom is 0.315 e. The lowest BCUT2D eigenvalue weighted by Crippen LogP contribution is -2.39. The third-order valence-corrected chi connectivity index (χ3v) is 2.87. The summed E-state index contributed by atoms with van der Waals surface area (Å²) in [5, 5.41) is 7.66. The lowest BCUT2D eigenvalue weighted by Gasteiger charge is -2.11. The molecular formula is C10H16N2OS. The molecule has 0 bridgehead atoms. The Morgan fingerprint density at radius 3 is 3.00 bits per heavy atom.